The number of aromatic amines is 1. The number of nitrogens with zero attached hydrogens (tertiary/aromatic N) is 1. The molecule has 0 radical (unpaired) electrons. The zero-order valence-corrected chi connectivity index (χ0v) is 21.0. The molecule has 1 fully saturated rings. The highest BCUT2D eigenvalue weighted by Gasteiger charge is 2.51. The van der Waals surface area contributed by atoms with Crippen LogP contribution in [0.3, 0.4) is 0 Å². The van der Waals surface area contributed by atoms with Crippen molar-refractivity contribution in [2.75, 3.05) is 18.0 Å². The van der Waals surface area contributed by atoms with Crippen LogP contribution in [-0.2, 0) is 16.6 Å². The van der Waals surface area contributed by atoms with Crippen LogP contribution < -0.4 is 16.6 Å². The van der Waals surface area contributed by atoms with Crippen LogP contribution in [0, 0.1) is 11.3 Å². The van der Waals surface area contributed by atoms with Crippen molar-refractivity contribution >= 4 is 23.5 Å². The molecule has 0 spiro atoms. The van der Waals surface area contributed by atoms with E-state index in [0.29, 0.717) is 23.5 Å². The highest BCUT2D eigenvalue weighted by atomic mass is 32.2. The fourth-order valence-electron chi connectivity index (χ4n) is 6.22. The Labute approximate surface area is 200 Å². The van der Waals surface area contributed by atoms with Gasteiger partial charge in [0.25, 0.3) is 5.56 Å². The lowest BCUT2D eigenvalue weighted by Crippen LogP contribution is -2.53. The molecule has 0 saturated heterocycles. The van der Waals surface area contributed by atoms with Crippen LogP contribution in [-0.4, -0.2) is 28.2 Å². The third kappa shape index (κ3) is 4.84. The van der Waals surface area contributed by atoms with Gasteiger partial charge in [0.1, 0.15) is 5.82 Å². The number of amides is 1. The van der Waals surface area contributed by atoms with Gasteiger partial charge in [-0.1, -0.05) is 64.1 Å². The number of nitrogens with two attached hydrogens (primary N) is 1. The number of fused-ring (bicyclic) bond motifs is 3. The molecule has 178 valence electrons. The number of H-pyrrole nitrogens is 1. The fraction of sp³-hybridized carbons (Fsp3) is 0.577. The van der Waals surface area contributed by atoms with Gasteiger partial charge in [0.15, 0.2) is 5.16 Å². The Kier molecular flexibility index (Phi) is 6.63. The first-order valence-corrected chi connectivity index (χ1v) is 13.0. The van der Waals surface area contributed by atoms with Gasteiger partial charge in [0.2, 0.25) is 5.91 Å². The second-order valence-corrected chi connectivity index (χ2v) is 11.6. The van der Waals surface area contributed by atoms with Crippen molar-refractivity contribution < 1.29 is 4.79 Å². The molecule has 3 unspecified atom stereocenters. The average Bonchev–Trinajstić information content (AvgIpc) is 2.75. The van der Waals surface area contributed by atoms with Crippen molar-refractivity contribution in [1.29, 1.82) is 0 Å². The van der Waals surface area contributed by atoms with Crippen molar-refractivity contribution in [1.82, 2.24) is 15.3 Å². The summed E-state index contributed by atoms with van der Waals surface area (Å²) in [6.45, 7) is 9.99. The summed E-state index contributed by atoms with van der Waals surface area (Å²) in [5.41, 5.74) is 10.0. The standard InChI is InChI=1S/C26H36N4O2S/c1-16(2)17-6-8-19-18(12-17)7-9-20-25(3,10-5-11-26(19,20)4)15-28-23(32)14-33-24-29-21(27)13-22(31)30-24/h6,8,12-13,16,20H,5,7,9-11,14-15H2,1-4H3,(H,28,32)(H3,27,29,30,31). The minimum Gasteiger partial charge on any atom is -0.383 e. The minimum absolute atomic E-state index is 0.0450. The zero-order chi connectivity index (χ0) is 23.8. The molecule has 0 bridgehead atoms. The summed E-state index contributed by atoms with van der Waals surface area (Å²) in [5.74, 6) is 1.40. The lowest BCUT2D eigenvalue weighted by Gasteiger charge is -2.55. The average molecular weight is 469 g/mol. The lowest BCUT2D eigenvalue weighted by atomic mass is 9.49. The van der Waals surface area contributed by atoms with Gasteiger partial charge in [0, 0.05) is 12.6 Å². The van der Waals surface area contributed by atoms with Gasteiger partial charge in [-0.15, -0.1) is 0 Å². The fourth-order valence-corrected chi connectivity index (χ4v) is 6.93. The van der Waals surface area contributed by atoms with Crippen LogP contribution in [0.4, 0.5) is 5.82 Å². The van der Waals surface area contributed by atoms with Crippen LogP contribution in [0.2, 0.25) is 0 Å². The van der Waals surface area contributed by atoms with E-state index in [2.05, 4.69) is 61.2 Å². The van der Waals surface area contributed by atoms with Crippen LogP contribution in [0.5, 0.6) is 0 Å². The molecule has 2 aliphatic carbocycles. The smallest absolute Gasteiger partial charge is 0.253 e. The summed E-state index contributed by atoms with van der Waals surface area (Å²) in [5, 5.41) is 3.55. The molecule has 2 aromatic rings. The molecule has 1 aromatic carbocycles. The van der Waals surface area contributed by atoms with Crippen LogP contribution in [0.15, 0.2) is 34.2 Å². The van der Waals surface area contributed by atoms with Gasteiger partial charge >= 0.3 is 0 Å². The summed E-state index contributed by atoms with van der Waals surface area (Å²) in [6.07, 6.45) is 5.79. The number of aryl methyl sites for hydroxylation is 1. The molecule has 1 amide bonds. The number of benzene rings is 1. The Bertz CT molecular complexity index is 1100. The zero-order valence-electron chi connectivity index (χ0n) is 20.2. The number of nitrogen functional groups attached to an aromatic ring is 1. The van der Waals surface area contributed by atoms with Gasteiger partial charge in [-0.25, -0.2) is 4.98 Å². The van der Waals surface area contributed by atoms with Gasteiger partial charge < -0.3 is 16.0 Å². The van der Waals surface area contributed by atoms with Crippen molar-refractivity contribution in [2.45, 2.75) is 76.3 Å². The van der Waals surface area contributed by atoms with Gasteiger partial charge in [-0.3, -0.25) is 9.59 Å². The number of anilines is 1. The molecule has 2 aliphatic rings. The molecule has 6 nitrogen and oxygen atoms in total. The number of thioether (sulfide) groups is 1. The van der Waals surface area contributed by atoms with E-state index < -0.39 is 0 Å². The topological polar surface area (TPSA) is 101 Å². The Hall–Kier alpha value is -2.28. The minimum atomic E-state index is -0.308. The molecular weight excluding hydrogens is 432 g/mol. The first kappa shape index (κ1) is 23.9. The number of aromatic nitrogens is 2. The van der Waals surface area contributed by atoms with E-state index in [0.717, 1.165) is 12.8 Å². The largest absolute Gasteiger partial charge is 0.383 e. The highest BCUT2D eigenvalue weighted by molar-refractivity contribution is 7.99. The summed E-state index contributed by atoms with van der Waals surface area (Å²) >= 11 is 1.20. The Morgan fingerprint density at radius 3 is 2.82 bits per heavy atom. The molecule has 1 heterocycles. The van der Waals surface area contributed by atoms with E-state index >= 15 is 0 Å². The summed E-state index contributed by atoms with van der Waals surface area (Å²) < 4.78 is 0. The van der Waals surface area contributed by atoms with Crippen molar-refractivity contribution in [3.63, 3.8) is 0 Å². The molecule has 1 aromatic heterocycles. The Morgan fingerprint density at radius 2 is 2.09 bits per heavy atom. The highest BCUT2D eigenvalue weighted by Crippen LogP contribution is 2.57. The van der Waals surface area contributed by atoms with E-state index in [9.17, 15) is 9.59 Å². The lowest BCUT2D eigenvalue weighted by molar-refractivity contribution is -0.119. The van der Waals surface area contributed by atoms with Gasteiger partial charge in [-0.05, 0) is 65.0 Å². The predicted molar refractivity (Wildman–Crippen MR) is 135 cm³/mol. The molecule has 4 N–H and O–H groups in total. The first-order valence-electron chi connectivity index (χ1n) is 12.0. The second kappa shape index (κ2) is 9.16. The second-order valence-electron chi connectivity index (χ2n) is 10.6. The van der Waals surface area contributed by atoms with Gasteiger partial charge in [0.05, 0.1) is 5.75 Å². The number of carbonyl (C=O) groups excluding carboxylic acids is 1. The van der Waals surface area contributed by atoms with E-state index in [1.165, 1.54) is 53.8 Å². The van der Waals surface area contributed by atoms with E-state index in [4.69, 9.17) is 5.73 Å². The maximum Gasteiger partial charge on any atom is 0.253 e. The third-order valence-corrected chi connectivity index (χ3v) is 8.81. The Balaban J connectivity index is 1.44. The summed E-state index contributed by atoms with van der Waals surface area (Å²) in [6, 6.07) is 8.37. The maximum absolute atomic E-state index is 12.6. The monoisotopic (exact) mass is 468 g/mol. The van der Waals surface area contributed by atoms with E-state index in [1.54, 1.807) is 0 Å². The van der Waals surface area contributed by atoms with Crippen molar-refractivity contribution in [3.8, 4) is 0 Å². The predicted octanol–water partition coefficient (Wildman–Crippen LogP) is 4.39. The number of carbonyl (C=O) groups is 1. The molecular formula is C26H36N4O2S. The van der Waals surface area contributed by atoms with E-state index in [-0.39, 0.29) is 33.9 Å². The van der Waals surface area contributed by atoms with Crippen molar-refractivity contribution in [3.05, 3.63) is 51.3 Å². The number of nitrogens with one attached hydrogen (secondary N) is 2. The van der Waals surface area contributed by atoms with Gasteiger partial charge in [-0.2, -0.15) is 0 Å². The SMILES string of the molecule is CC(C)c1ccc2c(c1)CCC1C(C)(CNC(=O)CSc3nc(N)cc(=O)[nH]3)CCCC21C. The van der Waals surface area contributed by atoms with Crippen LogP contribution in [0.1, 0.15) is 76.0 Å². The quantitative estimate of drug-likeness (QED) is 0.431. The molecule has 1 saturated carbocycles. The molecule has 33 heavy (non-hydrogen) atoms. The summed E-state index contributed by atoms with van der Waals surface area (Å²) in [4.78, 5) is 30.9. The number of hydrogen-bond acceptors (Lipinski definition) is 5. The normalized spacial score (nSPS) is 26.5. The van der Waals surface area contributed by atoms with Crippen molar-refractivity contribution in [2.24, 2.45) is 11.3 Å². The molecule has 4 rings (SSSR count). The first-order chi connectivity index (χ1) is 15.6. The molecule has 3 atom stereocenters. The maximum atomic E-state index is 12.6. The molecule has 0 aliphatic heterocycles. The van der Waals surface area contributed by atoms with Crippen LogP contribution >= 0.6 is 11.8 Å². The Morgan fingerprint density at radius 1 is 1.30 bits per heavy atom. The summed E-state index contributed by atoms with van der Waals surface area (Å²) in [7, 11) is 0. The third-order valence-electron chi connectivity index (χ3n) is 7.94. The van der Waals surface area contributed by atoms with Crippen LogP contribution in [0.25, 0.3) is 0 Å². The molecule has 7 heteroatoms. The number of rotatable bonds is 6. The van der Waals surface area contributed by atoms with E-state index in [1.807, 2.05) is 0 Å². The number of hydrogen-bond donors (Lipinski definition) is 3.